The highest BCUT2D eigenvalue weighted by molar-refractivity contribution is 8.06. The van der Waals surface area contributed by atoms with Crippen LogP contribution in [0.1, 0.15) is 26.5 Å². The summed E-state index contributed by atoms with van der Waals surface area (Å²) in [6.45, 7) is 8.58. The lowest BCUT2D eigenvalue weighted by molar-refractivity contribution is 0.415. The monoisotopic (exact) mass is 285 g/mol. The average Bonchev–Trinajstić information content (AvgIpc) is 2.74. The molecule has 1 unspecified atom stereocenters. The Balaban J connectivity index is 1.90. The average molecular weight is 285 g/mol. The van der Waals surface area contributed by atoms with E-state index in [1.165, 1.54) is 23.0 Å². The van der Waals surface area contributed by atoms with Gasteiger partial charge in [0, 0.05) is 47.3 Å². The van der Waals surface area contributed by atoms with Crippen molar-refractivity contribution in [2.24, 2.45) is 0 Å². The lowest BCUT2D eigenvalue weighted by atomic mass is 10.1. The quantitative estimate of drug-likeness (QED) is 0.921. The van der Waals surface area contributed by atoms with Crippen LogP contribution in [-0.2, 0) is 13.1 Å². The van der Waals surface area contributed by atoms with Crippen LogP contribution < -0.4 is 5.32 Å². The minimum atomic E-state index is 0.157. The van der Waals surface area contributed by atoms with E-state index in [-0.39, 0.29) is 5.54 Å². The number of hydrogen-bond donors (Lipinski definition) is 1. The van der Waals surface area contributed by atoms with Crippen LogP contribution in [0.5, 0.6) is 0 Å². The molecule has 0 radical (unpaired) electrons. The molecule has 0 aliphatic carbocycles. The lowest BCUT2D eigenvalue weighted by Gasteiger charge is -2.24. The Morgan fingerprint density at radius 2 is 2.28 bits per heavy atom. The van der Waals surface area contributed by atoms with Crippen molar-refractivity contribution >= 4 is 23.5 Å². The van der Waals surface area contributed by atoms with Crippen molar-refractivity contribution in [3.63, 3.8) is 0 Å². The molecule has 0 spiro atoms. The van der Waals surface area contributed by atoms with Crippen molar-refractivity contribution in [2.75, 3.05) is 17.3 Å². The van der Waals surface area contributed by atoms with Crippen LogP contribution in [0, 0.1) is 0 Å². The highest BCUT2D eigenvalue weighted by Gasteiger charge is 2.16. The number of nitrogens with zero attached hydrogens (tertiary/aromatic N) is 2. The van der Waals surface area contributed by atoms with E-state index in [2.05, 4.69) is 59.2 Å². The smallest absolute Gasteiger partial charge is 0.0948 e. The van der Waals surface area contributed by atoms with Gasteiger partial charge >= 0.3 is 0 Å². The molecule has 1 atom stereocenters. The molecule has 2 rings (SSSR count). The Labute approximate surface area is 119 Å². The summed E-state index contributed by atoms with van der Waals surface area (Å²) < 4.78 is 2.31. The van der Waals surface area contributed by atoms with Gasteiger partial charge in [-0.05, 0) is 20.8 Å². The third-order valence-electron chi connectivity index (χ3n) is 2.88. The van der Waals surface area contributed by atoms with E-state index in [1.807, 2.05) is 12.5 Å². The van der Waals surface area contributed by atoms with Gasteiger partial charge in [0.25, 0.3) is 0 Å². The molecule has 0 saturated carbocycles. The molecular formula is C13H23N3S2. The van der Waals surface area contributed by atoms with Gasteiger partial charge in [0.05, 0.1) is 12.0 Å². The molecule has 0 bridgehead atoms. The minimum Gasteiger partial charge on any atom is -0.332 e. The summed E-state index contributed by atoms with van der Waals surface area (Å²) >= 11 is 4.18. The predicted molar refractivity (Wildman–Crippen MR) is 82.4 cm³/mol. The number of hydrogen-bond acceptors (Lipinski definition) is 4. The highest BCUT2D eigenvalue weighted by Crippen LogP contribution is 2.25. The van der Waals surface area contributed by atoms with E-state index >= 15 is 0 Å². The Hall–Kier alpha value is -0.130. The van der Waals surface area contributed by atoms with Crippen LogP contribution in [0.25, 0.3) is 0 Å². The molecule has 1 saturated heterocycles. The van der Waals surface area contributed by atoms with E-state index in [1.54, 1.807) is 0 Å². The molecule has 1 aliphatic rings. The van der Waals surface area contributed by atoms with Gasteiger partial charge in [-0.3, -0.25) is 0 Å². The van der Waals surface area contributed by atoms with E-state index < -0.39 is 0 Å². The zero-order chi connectivity index (χ0) is 13.0. The van der Waals surface area contributed by atoms with Crippen LogP contribution in [0.2, 0.25) is 0 Å². The second kappa shape index (κ2) is 6.35. The number of imidazole rings is 1. The van der Waals surface area contributed by atoms with Gasteiger partial charge in [-0.2, -0.15) is 23.5 Å². The molecule has 102 valence electrons. The van der Waals surface area contributed by atoms with Crippen LogP contribution >= 0.6 is 23.5 Å². The van der Waals surface area contributed by atoms with Crippen molar-refractivity contribution in [3.8, 4) is 0 Å². The van der Waals surface area contributed by atoms with Crippen LogP contribution in [0.15, 0.2) is 12.5 Å². The first-order chi connectivity index (χ1) is 8.54. The van der Waals surface area contributed by atoms with Gasteiger partial charge in [0.1, 0.15) is 0 Å². The molecule has 18 heavy (non-hydrogen) atoms. The van der Waals surface area contributed by atoms with Crippen LogP contribution in [0.4, 0.5) is 0 Å². The zero-order valence-electron chi connectivity index (χ0n) is 11.5. The third-order valence-corrected chi connectivity index (χ3v) is 5.71. The van der Waals surface area contributed by atoms with Crippen molar-refractivity contribution in [2.45, 2.75) is 44.6 Å². The largest absolute Gasteiger partial charge is 0.332 e. The fraction of sp³-hybridized carbons (Fsp3) is 0.769. The summed E-state index contributed by atoms with van der Waals surface area (Å²) in [6, 6.07) is 0. The van der Waals surface area contributed by atoms with Gasteiger partial charge in [-0.25, -0.2) is 4.98 Å². The number of rotatable bonds is 4. The Bertz CT molecular complexity index is 365. The standard InChI is InChI=1S/C13H23N3S2/c1-13(2,3)15-7-11-6-14-10-16(11)8-12-9-17-4-5-18-12/h6,10,12,15H,4-5,7-9H2,1-3H3. The number of aromatic nitrogens is 2. The normalized spacial score (nSPS) is 21.2. The molecule has 0 amide bonds. The van der Waals surface area contributed by atoms with E-state index in [0.717, 1.165) is 18.3 Å². The summed E-state index contributed by atoms with van der Waals surface area (Å²) in [5.41, 5.74) is 1.45. The summed E-state index contributed by atoms with van der Waals surface area (Å²) in [5.74, 6) is 3.87. The van der Waals surface area contributed by atoms with E-state index in [4.69, 9.17) is 0 Å². The van der Waals surface area contributed by atoms with Crippen molar-refractivity contribution in [1.82, 2.24) is 14.9 Å². The van der Waals surface area contributed by atoms with Gasteiger partial charge in [-0.1, -0.05) is 0 Å². The molecule has 1 N–H and O–H groups in total. The Morgan fingerprint density at radius 1 is 1.44 bits per heavy atom. The number of nitrogens with one attached hydrogen (secondary N) is 1. The van der Waals surface area contributed by atoms with E-state index in [0.29, 0.717) is 0 Å². The van der Waals surface area contributed by atoms with E-state index in [9.17, 15) is 0 Å². The van der Waals surface area contributed by atoms with Gasteiger partial charge < -0.3 is 9.88 Å². The lowest BCUT2D eigenvalue weighted by Crippen LogP contribution is -2.36. The van der Waals surface area contributed by atoms with Crippen molar-refractivity contribution in [1.29, 1.82) is 0 Å². The first-order valence-electron chi connectivity index (χ1n) is 6.48. The Kier molecular flexibility index (Phi) is 5.04. The Morgan fingerprint density at radius 3 is 2.94 bits per heavy atom. The molecule has 1 aromatic rings. The van der Waals surface area contributed by atoms with Gasteiger partial charge in [-0.15, -0.1) is 0 Å². The van der Waals surface area contributed by atoms with Gasteiger partial charge in [0.2, 0.25) is 0 Å². The molecule has 3 nitrogen and oxygen atoms in total. The summed E-state index contributed by atoms with van der Waals surface area (Å²) in [6.07, 6.45) is 3.96. The molecule has 5 heteroatoms. The van der Waals surface area contributed by atoms with Gasteiger partial charge in [0.15, 0.2) is 0 Å². The molecule has 0 aromatic carbocycles. The maximum Gasteiger partial charge on any atom is 0.0948 e. The molecular weight excluding hydrogens is 262 g/mol. The molecule has 1 aliphatic heterocycles. The zero-order valence-corrected chi connectivity index (χ0v) is 13.1. The molecule has 2 heterocycles. The molecule has 1 aromatic heterocycles. The molecule has 1 fully saturated rings. The first kappa shape index (κ1) is 14.3. The fourth-order valence-corrected chi connectivity index (χ4v) is 4.54. The fourth-order valence-electron chi connectivity index (χ4n) is 1.88. The third kappa shape index (κ3) is 4.52. The minimum absolute atomic E-state index is 0.157. The summed E-state index contributed by atoms with van der Waals surface area (Å²) in [5, 5.41) is 4.27. The van der Waals surface area contributed by atoms with Crippen LogP contribution in [0.3, 0.4) is 0 Å². The van der Waals surface area contributed by atoms with Crippen molar-refractivity contribution in [3.05, 3.63) is 18.2 Å². The first-order valence-corrected chi connectivity index (χ1v) is 8.68. The SMILES string of the molecule is CC(C)(C)NCc1cncn1CC1CSCCS1. The topological polar surface area (TPSA) is 29.9 Å². The maximum absolute atomic E-state index is 4.30. The summed E-state index contributed by atoms with van der Waals surface area (Å²) in [4.78, 5) is 4.30. The second-order valence-electron chi connectivity index (χ2n) is 5.71. The summed E-state index contributed by atoms with van der Waals surface area (Å²) in [7, 11) is 0. The highest BCUT2D eigenvalue weighted by atomic mass is 32.2. The maximum atomic E-state index is 4.30. The van der Waals surface area contributed by atoms with Crippen molar-refractivity contribution < 1.29 is 0 Å². The second-order valence-corrected chi connectivity index (χ2v) is 8.27. The number of thioether (sulfide) groups is 2. The predicted octanol–water partition coefficient (Wildman–Crippen LogP) is 2.62. The van der Waals surface area contributed by atoms with Crippen LogP contribution in [-0.4, -0.2) is 37.6 Å².